The molecule has 8 heteroatoms. The maximum atomic E-state index is 13.1. The number of hydrogen-bond acceptors (Lipinski definition) is 5. The molecule has 1 N–H and O–H groups in total. The summed E-state index contributed by atoms with van der Waals surface area (Å²) in [6, 6.07) is 5.60. The van der Waals surface area contributed by atoms with Crippen molar-refractivity contribution in [2.24, 2.45) is 0 Å². The van der Waals surface area contributed by atoms with E-state index in [9.17, 15) is 18.5 Å². The lowest BCUT2D eigenvalue weighted by Gasteiger charge is -2.48. The minimum Gasteiger partial charge on any atom is -0.313 e. The van der Waals surface area contributed by atoms with Crippen LogP contribution in [-0.4, -0.2) is 42.8 Å². The molecule has 0 bridgehead atoms. The normalized spacial score (nSPS) is 22.0. The third-order valence-electron chi connectivity index (χ3n) is 4.57. The maximum absolute atomic E-state index is 13.1. The number of nitrogens with zero attached hydrogens (tertiary/aromatic N) is 2. The standard InChI is InChI=1S/C14H19N3O4S/c18-17(19)12-6-2-3-7-13(12)22(20,21)16-9-5-1-4-8-14(16)10-15-11-14/h2-3,6-7,15H,1,4-5,8-11H2. The van der Waals surface area contributed by atoms with Crippen molar-refractivity contribution in [1.82, 2.24) is 9.62 Å². The lowest BCUT2D eigenvalue weighted by Crippen LogP contribution is -2.69. The molecule has 2 aliphatic rings. The minimum absolute atomic E-state index is 0.201. The number of para-hydroxylation sites is 1. The lowest BCUT2D eigenvalue weighted by molar-refractivity contribution is -0.387. The van der Waals surface area contributed by atoms with Crippen molar-refractivity contribution >= 4 is 15.7 Å². The van der Waals surface area contributed by atoms with Crippen molar-refractivity contribution in [2.45, 2.75) is 36.1 Å². The summed E-state index contributed by atoms with van der Waals surface area (Å²) in [5, 5.41) is 14.3. The van der Waals surface area contributed by atoms with Crippen LogP contribution in [0.2, 0.25) is 0 Å². The molecular formula is C14H19N3O4S. The number of nitro benzene ring substituents is 1. The average molecular weight is 325 g/mol. The molecule has 2 fully saturated rings. The molecule has 0 atom stereocenters. The first-order chi connectivity index (χ1) is 10.5. The minimum atomic E-state index is -3.88. The number of nitro groups is 1. The van der Waals surface area contributed by atoms with E-state index in [2.05, 4.69) is 5.32 Å². The molecule has 0 aromatic heterocycles. The van der Waals surface area contributed by atoms with Crippen LogP contribution < -0.4 is 5.32 Å². The van der Waals surface area contributed by atoms with Gasteiger partial charge in [-0.15, -0.1) is 0 Å². The van der Waals surface area contributed by atoms with E-state index in [0.29, 0.717) is 19.6 Å². The smallest absolute Gasteiger partial charge is 0.289 e. The van der Waals surface area contributed by atoms with Crippen molar-refractivity contribution in [3.63, 3.8) is 0 Å². The quantitative estimate of drug-likeness (QED) is 0.671. The summed E-state index contributed by atoms with van der Waals surface area (Å²) in [4.78, 5) is 10.3. The van der Waals surface area contributed by atoms with Crippen molar-refractivity contribution in [1.29, 1.82) is 0 Å². The highest BCUT2D eigenvalue weighted by molar-refractivity contribution is 7.89. The van der Waals surface area contributed by atoms with Gasteiger partial charge in [0.05, 0.1) is 10.5 Å². The van der Waals surface area contributed by atoms with Crippen molar-refractivity contribution < 1.29 is 13.3 Å². The summed E-state index contributed by atoms with van der Waals surface area (Å²) in [6.45, 7) is 1.66. The first-order valence-corrected chi connectivity index (χ1v) is 8.88. The molecule has 1 aromatic carbocycles. The van der Waals surface area contributed by atoms with Crippen LogP contribution in [-0.2, 0) is 10.0 Å². The Morgan fingerprint density at radius 2 is 1.91 bits per heavy atom. The Kier molecular flexibility index (Phi) is 3.92. The fraction of sp³-hybridized carbons (Fsp3) is 0.571. The predicted octanol–water partition coefficient (Wildman–Crippen LogP) is 1.50. The first-order valence-electron chi connectivity index (χ1n) is 7.44. The van der Waals surface area contributed by atoms with E-state index in [0.717, 1.165) is 25.7 Å². The molecule has 1 aromatic rings. The molecule has 3 rings (SSSR count). The largest absolute Gasteiger partial charge is 0.313 e. The Balaban J connectivity index is 2.07. The molecule has 120 valence electrons. The van der Waals surface area contributed by atoms with E-state index < -0.39 is 20.5 Å². The monoisotopic (exact) mass is 325 g/mol. The molecule has 22 heavy (non-hydrogen) atoms. The zero-order chi connectivity index (χ0) is 15.8. The van der Waals surface area contributed by atoms with Crippen LogP contribution in [0.15, 0.2) is 29.2 Å². The van der Waals surface area contributed by atoms with Gasteiger partial charge in [-0.3, -0.25) is 10.1 Å². The van der Waals surface area contributed by atoms with Gasteiger partial charge in [0.25, 0.3) is 15.7 Å². The van der Waals surface area contributed by atoms with Crippen LogP contribution in [0.3, 0.4) is 0 Å². The fourth-order valence-electron chi connectivity index (χ4n) is 3.33. The summed E-state index contributed by atoms with van der Waals surface area (Å²) in [5.41, 5.74) is -0.770. The van der Waals surface area contributed by atoms with E-state index >= 15 is 0 Å². The second-order valence-corrected chi connectivity index (χ2v) is 7.77. The molecule has 7 nitrogen and oxygen atoms in total. The second-order valence-electron chi connectivity index (χ2n) is 5.94. The Morgan fingerprint density at radius 3 is 2.55 bits per heavy atom. The van der Waals surface area contributed by atoms with Crippen LogP contribution in [0, 0.1) is 10.1 Å². The summed E-state index contributed by atoms with van der Waals surface area (Å²) in [5.74, 6) is 0. The molecule has 1 spiro atoms. The van der Waals surface area contributed by atoms with E-state index in [1.54, 1.807) is 0 Å². The highest BCUT2D eigenvalue weighted by Crippen LogP contribution is 2.37. The summed E-state index contributed by atoms with van der Waals surface area (Å²) in [6.07, 6.45) is 3.58. The van der Waals surface area contributed by atoms with Gasteiger partial charge in [0.15, 0.2) is 4.90 Å². The van der Waals surface area contributed by atoms with Crippen LogP contribution in [0.4, 0.5) is 5.69 Å². The zero-order valence-electron chi connectivity index (χ0n) is 12.2. The SMILES string of the molecule is O=[N+]([O-])c1ccccc1S(=O)(=O)N1CCCCCC12CNC2. The second kappa shape index (κ2) is 5.60. The van der Waals surface area contributed by atoms with Gasteiger partial charge in [0, 0.05) is 25.7 Å². The van der Waals surface area contributed by atoms with Gasteiger partial charge in [-0.2, -0.15) is 4.31 Å². The molecule has 0 amide bonds. The predicted molar refractivity (Wildman–Crippen MR) is 81.1 cm³/mol. The van der Waals surface area contributed by atoms with Gasteiger partial charge >= 0.3 is 0 Å². The lowest BCUT2D eigenvalue weighted by atomic mass is 9.87. The van der Waals surface area contributed by atoms with E-state index in [-0.39, 0.29) is 10.6 Å². The Morgan fingerprint density at radius 1 is 1.18 bits per heavy atom. The van der Waals surface area contributed by atoms with Gasteiger partial charge < -0.3 is 5.32 Å². The molecule has 2 saturated heterocycles. The maximum Gasteiger partial charge on any atom is 0.289 e. The summed E-state index contributed by atoms with van der Waals surface area (Å²) >= 11 is 0. The zero-order valence-corrected chi connectivity index (χ0v) is 13.0. The fourth-order valence-corrected chi connectivity index (χ4v) is 5.33. The topological polar surface area (TPSA) is 92.5 Å². The van der Waals surface area contributed by atoms with E-state index in [1.807, 2.05) is 0 Å². The third kappa shape index (κ3) is 2.41. The molecule has 2 heterocycles. The molecular weight excluding hydrogens is 306 g/mol. The van der Waals surface area contributed by atoms with Gasteiger partial charge in [0.2, 0.25) is 0 Å². The highest BCUT2D eigenvalue weighted by Gasteiger charge is 2.49. The Bertz CT molecular complexity index is 685. The highest BCUT2D eigenvalue weighted by atomic mass is 32.2. The van der Waals surface area contributed by atoms with Crippen molar-refractivity contribution in [3.8, 4) is 0 Å². The molecule has 0 aliphatic carbocycles. The number of sulfonamides is 1. The number of nitrogens with one attached hydrogen (secondary N) is 1. The molecule has 2 aliphatic heterocycles. The summed E-state index contributed by atoms with van der Waals surface area (Å²) < 4.78 is 27.6. The Hall–Kier alpha value is -1.51. The summed E-state index contributed by atoms with van der Waals surface area (Å²) in [7, 11) is -3.88. The Labute approximate surface area is 129 Å². The van der Waals surface area contributed by atoms with Crippen molar-refractivity contribution in [2.75, 3.05) is 19.6 Å². The average Bonchev–Trinajstić information content (AvgIpc) is 2.70. The molecule has 0 unspecified atom stereocenters. The van der Waals surface area contributed by atoms with Gasteiger partial charge in [-0.25, -0.2) is 8.42 Å². The number of benzene rings is 1. The van der Waals surface area contributed by atoms with Crippen LogP contribution in [0.1, 0.15) is 25.7 Å². The van der Waals surface area contributed by atoms with Crippen LogP contribution in [0.5, 0.6) is 0 Å². The van der Waals surface area contributed by atoms with Crippen LogP contribution >= 0.6 is 0 Å². The number of rotatable bonds is 3. The van der Waals surface area contributed by atoms with E-state index in [4.69, 9.17) is 0 Å². The third-order valence-corrected chi connectivity index (χ3v) is 6.62. The molecule has 0 radical (unpaired) electrons. The first kappa shape index (κ1) is 15.4. The van der Waals surface area contributed by atoms with Gasteiger partial charge in [-0.05, 0) is 18.9 Å². The van der Waals surface area contributed by atoms with Gasteiger partial charge in [-0.1, -0.05) is 25.0 Å². The molecule has 0 saturated carbocycles. The van der Waals surface area contributed by atoms with E-state index in [1.165, 1.54) is 28.6 Å². The van der Waals surface area contributed by atoms with Crippen molar-refractivity contribution in [3.05, 3.63) is 34.4 Å². The number of hydrogen-bond donors (Lipinski definition) is 1. The van der Waals surface area contributed by atoms with Crippen LogP contribution in [0.25, 0.3) is 0 Å². The van der Waals surface area contributed by atoms with Gasteiger partial charge in [0.1, 0.15) is 0 Å².